The third-order valence-electron chi connectivity index (χ3n) is 7.47. The monoisotopic (exact) mass is 616 g/mol. The van der Waals surface area contributed by atoms with Crippen molar-refractivity contribution in [2.45, 2.75) is 64.2 Å². The van der Waals surface area contributed by atoms with Gasteiger partial charge in [0.05, 0.1) is 27.1 Å². The number of aliphatic hydroxyl groups is 1. The van der Waals surface area contributed by atoms with Gasteiger partial charge in [0.25, 0.3) is 0 Å². The quantitative estimate of drug-likeness (QED) is 0.0575. The molecule has 9 heteroatoms. The van der Waals surface area contributed by atoms with Gasteiger partial charge in [-0.3, -0.25) is 14.8 Å². The Morgan fingerprint density at radius 1 is 0.689 bits per heavy atom. The van der Waals surface area contributed by atoms with E-state index in [1.54, 1.807) is 26.6 Å². The summed E-state index contributed by atoms with van der Waals surface area (Å²) in [6.07, 6.45) is 13.3. The number of aliphatic hydroxyl groups excluding tert-OH is 1. The number of ether oxygens (including phenoxy) is 3. The van der Waals surface area contributed by atoms with Crippen LogP contribution in [0.4, 0.5) is 11.4 Å². The number of nitrogens with zero attached hydrogens (tertiary/aromatic N) is 2. The van der Waals surface area contributed by atoms with Gasteiger partial charge in [0.15, 0.2) is 0 Å². The minimum atomic E-state index is -0.125. The molecule has 2 aromatic carbocycles. The molecule has 0 amide bonds. The van der Waals surface area contributed by atoms with Crippen molar-refractivity contribution in [3.05, 3.63) is 73.3 Å². The van der Waals surface area contributed by atoms with Crippen LogP contribution in [-0.2, 0) is 9.53 Å². The second kappa shape index (κ2) is 19.7. The molecule has 0 saturated heterocycles. The molecule has 3 N–H and O–H groups in total. The van der Waals surface area contributed by atoms with Crippen molar-refractivity contribution >= 4 is 39.1 Å². The van der Waals surface area contributed by atoms with Crippen LogP contribution in [-0.4, -0.2) is 55.5 Å². The Balaban J connectivity index is 0.000000246. The van der Waals surface area contributed by atoms with Gasteiger partial charge in [-0.05, 0) is 49.9 Å². The molecule has 9 nitrogen and oxygen atoms in total. The van der Waals surface area contributed by atoms with Gasteiger partial charge in [-0.15, -0.1) is 0 Å². The summed E-state index contributed by atoms with van der Waals surface area (Å²) in [5, 5.41) is 18.1. The number of allylic oxidation sites excluding steroid dienone is 1. The predicted octanol–water partition coefficient (Wildman–Crippen LogP) is 8.46. The van der Waals surface area contributed by atoms with Crippen LogP contribution in [0.2, 0.25) is 0 Å². The second-order valence-corrected chi connectivity index (χ2v) is 10.8. The maximum absolute atomic E-state index is 11.0. The number of fused-ring (bicyclic) bond motifs is 2. The molecule has 0 saturated carbocycles. The Kier molecular flexibility index (Phi) is 15.3. The van der Waals surface area contributed by atoms with Gasteiger partial charge in [0, 0.05) is 60.5 Å². The lowest BCUT2D eigenvalue weighted by molar-refractivity contribution is -0.140. The molecule has 4 aromatic rings. The van der Waals surface area contributed by atoms with E-state index in [9.17, 15) is 4.79 Å². The molecule has 0 aliphatic rings. The van der Waals surface area contributed by atoms with E-state index in [-0.39, 0.29) is 11.7 Å². The summed E-state index contributed by atoms with van der Waals surface area (Å²) in [6.45, 7) is 5.32. The normalized spacial score (nSPS) is 10.6. The summed E-state index contributed by atoms with van der Waals surface area (Å²) >= 11 is 0. The number of carbonyl (C=O) groups excluding carboxylic acids is 1. The zero-order valence-electron chi connectivity index (χ0n) is 26.9. The number of methoxy groups -OCH3 is 3. The van der Waals surface area contributed by atoms with Crippen molar-refractivity contribution in [2.75, 3.05) is 45.1 Å². The maximum atomic E-state index is 11.0. The summed E-state index contributed by atoms with van der Waals surface area (Å²) in [4.78, 5) is 19.8. The number of benzene rings is 2. The third-order valence-corrected chi connectivity index (χ3v) is 7.47. The first-order valence-corrected chi connectivity index (χ1v) is 15.7. The zero-order chi connectivity index (χ0) is 32.3. The summed E-state index contributed by atoms with van der Waals surface area (Å²) < 4.78 is 15.3. The predicted molar refractivity (Wildman–Crippen MR) is 184 cm³/mol. The number of hydrogen-bond acceptors (Lipinski definition) is 9. The van der Waals surface area contributed by atoms with Crippen LogP contribution in [0, 0.1) is 0 Å². The molecule has 0 aliphatic heterocycles. The first-order chi connectivity index (χ1) is 22.0. The van der Waals surface area contributed by atoms with Gasteiger partial charge >= 0.3 is 5.97 Å². The number of pyridine rings is 2. The highest BCUT2D eigenvalue weighted by Gasteiger charge is 2.07. The molecule has 4 rings (SSSR count). The Morgan fingerprint density at radius 2 is 1.16 bits per heavy atom. The molecule has 2 aromatic heterocycles. The van der Waals surface area contributed by atoms with Crippen molar-refractivity contribution in [2.24, 2.45) is 0 Å². The fourth-order valence-corrected chi connectivity index (χ4v) is 5.04. The van der Waals surface area contributed by atoms with Crippen LogP contribution in [0.15, 0.2) is 73.3 Å². The SMILES string of the molecule is C=C(O)CCCCCCNc1ccnc2c(OC)cccc12.COC(=O)CCCCCCNc1ccnc2c(OC)cccc12. The van der Waals surface area contributed by atoms with E-state index < -0.39 is 0 Å². The van der Waals surface area contributed by atoms with Gasteiger partial charge in [0.2, 0.25) is 0 Å². The summed E-state index contributed by atoms with van der Waals surface area (Å²) in [6, 6.07) is 15.9. The van der Waals surface area contributed by atoms with Crippen LogP contribution in [0.25, 0.3) is 21.8 Å². The van der Waals surface area contributed by atoms with Crippen LogP contribution in [0.3, 0.4) is 0 Å². The molecule has 45 heavy (non-hydrogen) atoms. The van der Waals surface area contributed by atoms with Crippen molar-refractivity contribution < 1.29 is 24.1 Å². The molecule has 0 atom stereocenters. The van der Waals surface area contributed by atoms with Gasteiger partial charge in [-0.2, -0.15) is 0 Å². The van der Waals surface area contributed by atoms with Gasteiger partial charge < -0.3 is 30.0 Å². The van der Waals surface area contributed by atoms with Gasteiger partial charge in [-0.25, -0.2) is 0 Å². The number of hydrogen-bond donors (Lipinski definition) is 3. The Bertz CT molecular complexity index is 1490. The van der Waals surface area contributed by atoms with E-state index >= 15 is 0 Å². The molecule has 0 spiro atoms. The third kappa shape index (κ3) is 11.5. The fraction of sp³-hybridized carbons (Fsp3) is 0.417. The highest BCUT2D eigenvalue weighted by Crippen LogP contribution is 2.29. The average Bonchev–Trinajstić information content (AvgIpc) is 3.06. The lowest BCUT2D eigenvalue weighted by Gasteiger charge is -2.11. The van der Waals surface area contributed by atoms with Gasteiger partial charge in [-0.1, -0.05) is 56.5 Å². The lowest BCUT2D eigenvalue weighted by Crippen LogP contribution is -2.03. The van der Waals surface area contributed by atoms with Crippen LogP contribution in [0.1, 0.15) is 64.2 Å². The molecule has 0 unspecified atom stereocenters. The number of carbonyl (C=O) groups is 1. The highest BCUT2D eigenvalue weighted by atomic mass is 16.5. The summed E-state index contributed by atoms with van der Waals surface area (Å²) in [7, 11) is 4.75. The highest BCUT2D eigenvalue weighted by molar-refractivity contribution is 5.95. The Labute approximate surface area is 267 Å². The molecule has 0 aliphatic carbocycles. The van der Waals surface area contributed by atoms with Crippen molar-refractivity contribution in [1.29, 1.82) is 0 Å². The Morgan fingerprint density at radius 3 is 1.60 bits per heavy atom. The smallest absolute Gasteiger partial charge is 0.305 e. The van der Waals surface area contributed by atoms with Crippen molar-refractivity contribution in [1.82, 2.24) is 9.97 Å². The van der Waals surface area contributed by atoms with Crippen LogP contribution in [0.5, 0.6) is 11.5 Å². The molecular weight excluding hydrogens is 568 g/mol. The number of aromatic nitrogens is 2. The van der Waals surface area contributed by atoms with Crippen molar-refractivity contribution in [3.8, 4) is 11.5 Å². The number of nitrogens with one attached hydrogen (secondary N) is 2. The number of rotatable bonds is 18. The second-order valence-electron chi connectivity index (χ2n) is 10.8. The summed E-state index contributed by atoms with van der Waals surface area (Å²) in [5.74, 6) is 1.75. The zero-order valence-corrected chi connectivity index (χ0v) is 26.9. The topological polar surface area (TPSA) is 115 Å². The fourth-order valence-electron chi connectivity index (χ4n) is 5.04. The number of para-hydroxylation sites is 2. The van der Waals surface area contributed by atoms with E-state index in [1.165, 1.54) is 7.11 Å². The summed E-state index contributed by atoms with van der Waals surface area (Å²) in [5.41, 5.74) is 3.92. The minimum Gasteiger partial charge on any atom is -0.513 e. The van der Waals surface area contributed by atoms with E-state index in [1.807, 2.05) is 42.5 Å². The number of unbranched alkanes of at least 4 members (excludes halogenated alkanes) is 6. The molecule has 0 fully saturated rings. The first-order valence-electron chi connectivity index (χ1n) is 15.7. The molecule has 0 bridgehead atoms. The average molecular weight is 617 g/mol. The van der Waals surface area contributed by atoms with Crippen LogP contribution < -0.4 is 20.1 Å². The lowest BCUT2D eigenvalue weighted by atomic mass is 10.1. The largest absolute Gasteiger partial charge is 0.513 e. The number of anilines is 2. The molecule has 0 radical (unpaired) electrons. The number of esters is 1. The maximum Gasteiger partial charge on any atom is 0.305 e. The molecule has 2 heterocycles. The molecule has 242 valence electrons. The van der Waals surface area contributed by atoms with E-state index in [0.717, 1.165) is 109 Å². The van der Waals surface area contributed by atoms with Crippen LogP contribution >= 0.6 is 0 Å². The van der Waals surface area contributed by atoms with E-state index in [0.29, 0.717) is 12.8 Å². The Hall–Kier alpha value is -4.53. The van der Waals surface area contributed by atoms with E-state index in [2.05, 4.69) is 38.0 Å². The van der Waals surface area contributed by atoms with E-state index in [4.69, 9.17) is 14.6 Å². The minimum absolute atomic E-state index is 0.125. The van der Waals surface area contributed by atoms with Crippen molar-refractivity contribution in [3.63, 3.8) is 0 Å². The standard InChI is InChI=1S/C18H24N2O3.C18H24N2O2/c1-22-16-9-7-8-14-15(11-13-20-18(14)16)19-12-6-4-3-5-10-17(21)23-2;1-14(21)8-5-3-4-6-12-19-16-11-13-20-18-15(16)9-7-10-17(18)22-2/h7-9,11,13H,3-6,10,12H2,1-2H3,(H,19,20);7,9-11,13,21H,1,3-6,8,12H2,2H3,(H,19,20). The van der Waals surface area contributed by atoms with Gasteiger partial charge in [0.1, 0.15) is 22.5 Å². The molecular formula is C36H48N4O5. The first kappa shape index (κ1) is 35.0.